The van der Waals surface area contributed by atoms with E-state index in [4.69, 9.17) is 0 Å². The van der Waals surface area contributed by atoms with Crippen LogP contribution in [0.1, 0.15) is 21.5 Å². The molecule has 31 heavy (non-hydrogen) atoms. The van der Waals surface area contributed by atoms with E-state index in [-0.39, 0.29) is 5.91 Å². The fourth-order valence-electron chi connectivity index (χ4n) is 3.66. The number of rotatable bonds is 6. The molecule has 6 heteroatoms. The van der Waals surface area contributed by atoms with E-state index in [2.05, 4.69) is 43.3 Å². The molecule has 0 saturated carbocycles. The number of aromatic amines is 1. The van der Waals surface area contributed by atoms with Gasteiger partial charge in [0.25, 0.3) is 5.91 Å². The number of benzene rings is 3. The molecule has 0 aliphatic carbocycles. The van der Waals surface area contributed by atoms with Gasteiger partial charge >= 0.3 is 0 Å². The van der Waals surface area contributed by atoms with Crippen LogP contribution in [0, 0.1) is 0 Å². The minimum Gasteiger partial charge on any atom is -0.348 e. The van der Waals surface area contributed by atoms with Crippen LogP contribution in [0.2, 0.25) is 0 Å². The highest BCUT2D eigenvalue weighted by atomic mass is 16.1. The first-order valence-electron chi connectivity index (χ1n) is 10.1. The quantitative estimate of drug-likeness (QED) is 0.438. The van der Waals surface area contributed by atoms with Gasteiger partial charge in [-0.25, -0.2) is 4.98 Å². The summed E-state index contributed by atoms with van der Waals surface area (Å²) in [5.74, 6) is -0.151. The Kier molecular flexibility index (Phi) is 5.02. The summed E-state index contributed by atoms with van der Waals surface area (Å²) < 4.78 is 2.14. The molecule has 5 rings (SSSR count). The molecular weight excluding hydrogens is 386 g/mol. The first-order chi connectivity index (χ1) is 15.3. The van der Waals surface area contributed by atoms with Gasteiger partial charge in [0.2, 0.25) is 0 Å². The monoisotopic (exact) mass is 407 g/mol. The van der Waals surface area contributed by atoms with Crippen molar-refractivity contribution >= 4 is 16.9 Å². The molecule has 2 aromatic heterocycles. The minimum absolute atomic E-state index is 0.151. The van der Waals surface area contributed by atoms with Crippen molar-refractivity contribution in [2.24, 2.45) is 0 Å². The van der Waals surface area contributed by atoms with E-state index < -0.39 is 0 Å². The average Bonchev–Trinajstić information content (AvgIpc) is 3.47. The third-order valence-electron chi connectivity index (χ3n) is 5.30. The van der Waals surface area contributed by atoms with E-state index in [1.165, 1.54) is 5.56 Å². The van der Waals surface area contributed by atoms with Gasteiger partial charge in [-0.3, -0.25) is 9.89 Å². The number of carbonyl (C=O) groups excluding carboxylic acids is 1. The fourth-order valence-corrected chi connectivity index (χ4v) is 3.66. The van der Waals surface area contributed by atoms with Crippen LogP contribution in [0.15, 0.2) is 91.4 Å². The lowest BCUT2D eigenvalue weighted by Gasteiger charge is -2.08. The Morgan fingerprint density at radius 3 is 2.48 bits per heavy atom. The van der Waals surface area contributed by atoms with Gasteiger partial charge in [-0.2, -0.15) is 5.10 Å². The Balaban J connectivity index is 1.24. The molecule has 5 aromatic rings. The second-order valence-electron chi connectivity index (χ2n) is 7.39. The first kappa shape index (κ1) is 18.8. The fraction of sp³-hybridized carbons (Fsp3) is 0.0800. The maximum absolute atomic E-state index is 12.7. The Bertz CT molecular complexity index is 1320. The number of hydrogen-bond acceptors (Lipinski definition) is 3. The lowest BCUT2D eigenvalue weighted by atomic mass is 10.1. The van der Waals surface area contributed by atoms with Crippen LogP contribution in [-0.2, 0) is 13.1 Å². The highest BCUT2D eigenvalue weighted by Gasteiger charge is 2.14. The number of nitrogens with zero attached hydrogens (tertiary/aromatic N) is 3. The first-order valence-corrected chi connectivity index (χ1v) is 10.1. The van der Waals surface area contributed by atoms with Crippen molar-refractivity contribution in [3.63, 3.8) is 0 Å². The maximum Gasteiger partial charge on any atom is 0.255 e. The van der Waals surface area contributed by atoms with E-state index in [1.54, 1.807) is 6.20 Å². The summed E-state index contributed by atoms with van der Waals surface area (Å²) in [5, 5.41) is 9.96. The molecule has 2 N–H and O–H groups in total. The Hall–Kier alpha value is -4.19. The molecule has 1 amide bonds. The summed E-state index contributed by atoms with van der Waals surface area (Å²) in [7, 11) is 0. The molecule has 0 saturated heterocycles. The van der Waals surface area contributed by atoms with Crippen molar-refractivity contribution in [1.82, 2.24) is 25.1 Å². The third-order valence-corrected chi connectivity index (χ3v) is 5.30. The molecule has 0 unspecified atom stereocenters. The predicted octanol–water partition coefficient (Wildman–Crippen LogP) is 4.40. The van der Waals surface area contributed by atoms with Gasteiger partial charge < -0.3 is 9.88 Å². The molecule has 0 spiro atoms. The van der Waals surface area contributed by atoms with E-state index in [1.807, 2.05) is 67.0 Å². The van der Waals surface area contributed by atoms with Gasteiger partial charge in [0, 0.05) is 18.7 Å². The number of hydrogen-bond donors (Lipinski definition) is 2. The average molecular weight is 407 g/mol. The summed E-state index contributed by atoms with van der Waals surface area (Å²) in [6, 6.07) is 26.1. The van der Waals surface area contributed by atoms with Gasteiger partial charge in [-0.15, -0.1) is 0 Å². The molecule has 0 aliphatic rings. The van der Waals surface area contributed by atoms with Crippen LogP contribution >= 0.6 is 0 Å². The van der Waals surface area contributed by atoms with Gasteiger partial charge in [0.1, 0.15) is 0 Å². The topological polar surface area (TPSA) is 75.6 Å². The van der Waals surface area contributed by atoms with Gasteiger partial charge in [0.05, 0.1) is 34.8 Å². The molecule has 0 atom stereocenters. The van der Waals surface area contributed by atoms with Gasteiger partial charge in [-0.05, 0) is 23.3 Å². The van der Waals surface area contributed by atoms with Crippen LogP contribution in [0.4, 0.5) is 0 Å². The molecule has 3 aromatic carbocycles. The predicted molar refractivity (Wildman–Crippen MR) is 120 cm³/mol. The van der Waals surface area contributed by atoms with Crippen molar-refractivity contribution < 1.29 is 4.79 Å². The maximum atomic E-state index is 12.7. The second-order valence-corrected chi connectivity index (χ2v) is 7.39. The number of fused-ring (bicyclic) bond motifs is 1. The largest absolute Gasteiger partial charge is 0.348 e. The molecule has 2 heterocycles. The van der Waals surface area contributed by atoms with Crippen LogP contribution in [-0.4, -0.2) is 25.7 Å². The smallest absolute Gasteiger partial charge is 0.255 e. The molecular formula is C25H21N5O. The number of carbonyl (C=O) groups is 1. The number of amides is 1. The minimum atomic E-state index is -0.151. The van der Waals surface area contributed by atoms with Crippen LogP contribution in [0.5, 0.6) is 0 Å². The summed E-state index contributed by atoms with van der Waals surface area (Å²) >= 11 is 0. The Morgan fingerprint density at radius 1 is 0.903 bits per heavy atom. The second kappa shape index (κ2) is 8.28. The Labute approximate surface area is 179 Å². The Morgan fingerprint density at radius 2 is 1.65 bits per heavy atom. The van der Waals surface area contributed by atoms with E-state index >= 15 is 0 Å². The van der Waals surface area contributed by atoms with E-state index in [0.29, 0.717) is 12.1 Å². The number of H-pyrrole nitrogens is 1. The van der Waals surface area contributed by atoms with Crippen LogP contribution in [0.25, 0.3) is 22.3 Å². The molecule has 0 aliphatic heterocycles. The molecule has 152 valence electrons. The zero-order valence-electron chi connectivity index (χ0n) is 16.8. The zero-order valence-corrected chi connectivity index (χ0v) is 16.8. The van der Waals surface area contributed by atoms with Crippen molar-refractivity contribution in [3.05, 3.63) is 108 Å². The van der Waals surface area contributed by atoms with E-state index in [9.17, 15) is 4.79 Å². The summed E-state index contributed by atoms with van der Waals surface area (Å²) in [4.78, 5) is 17.1. The highest BCUT2D eigenvalue weighted by molar-refractivity contribution is 5.99. The summed E-state index contributed by atoms with van der Waals surface area (Å²) in [5.41, 5.74) is 6.53. The molecule has 0 bridgehead atoms. The SMILES string of the molecule is O=C(NCc1ccc(Cn2cnc3ccccc32)cc1)c1cn[nH]c1-c1ccccc1. The van der Waals surface area contributed by atoms with E-state index in [0.717, 1.165) is 34.4 Å². The van der Waals surface area contributed by atoms with Crippen LogP contribution < -0.4 is 5.32 Å². The number of imidazole rings is 1. The molecule has 0 radical (unpaired) electrons. The van der Waals surface area contributed by atoms with Crippen LogP contribution in [0.3, 0.4) is 0 Å². The lowest BCUT2D eigenvalue weighted by molar-refractivity contribution is 0.0951. The standard InChI is InChI=1S/C25H21N5O/c31-25(21-15-28-29-24(21)20-6-2-1-3-7-20)26-14-18-10-12-19(13-11-18)16-30-17-27-22-8-4-5-9-23(22)30/h1-13,15,17H,14,16H2,(H,26,31)(H,28,29). The van der Waals surface area contributed by atoms with Crippen molar-refractivity contribution in [3.8, 4) is 11.3 Å². The molecule has 6 nitrogen and oxygen atoms in total. The number of para-hydroxylation sites is 2. The summed E-state index contributed by atoms with van der Waals surface area (Å²) in [6.45, 7) is 1.20. The van der Waals surface area contributed by atoms with Crippen molar-refractivity contribution in [1.29, 1.82) is 0 Å². The third kappa shape index (κ3) is 3.96. The van der Waals surface area contributed by atoms with Crippen molar-refractivity contribution in [2.45, 2.75) is 13.1 Å². The van der Waals surface area contributed by atoms with Crippen molar-refractivity contribution in [2.75, 3.05) is 0 Å². The zero-order chi connectivity index (χ0) is 21.0. The highest BCUT2D eigenvalue weighted by Crippen LogP contribution is 2.20. The normalized spacial score (nSPS) is 11.0. The van der Waals surface area contributed by atoms with Gasteiger partial charge in [-0.1, -0.05) is 66.7 Å². The number of aromatic nitrogens is 4. The molecule has 0 fully saturated rings. The lowest BCUT2D eigenvalue weighted by Crippen LogP contribution is -2.23. The van der Waals surface area contributed by atoms with Gasteiger partial charge in [0.15, 0.2) is 0 Å². The number of nitrogens with one attached hydrogen (secondary N) is 2. The summed E-state index contributed by atoms with van der Waals surface area (Å²) in [6.07, 6.45) is 3.43.